The highest BCUT2D eigenvalue weighted by atomic mass is 16.6. The maximum Gasteiger partial charge on any atom is 0.410 e. The summed E-state index contributed by atoms with van der Waals surface area (Å²) in [4.78, 5) is 19.9. The van der Waals surface area contributed by atoms with Gasteiger partial charge in [-0.2, -0.15) is 5.26 Å². The molecule has 1 atom stereocenters. The Hall–Kier alpha value is -4.05. The number of amides is 1. The van der Waals surface area contributed by atoms with Crippen LogP contribution in [0, 0.1) is 11.3 Å². The summed E-state index contributed by atoms with van der Waals surface area (Å²) in [6.45, 7) is 5.74. The lowest BCUT2D eigenvalue weighted by atomic mass is 10.1. The van der Waals surface area contributed by atoms with E-state index in [-0.39, 0.29) is 12.1 Å². The van der Waals surface area contributed by atoms with Gasteiger partial charge in [-0.15, -0.1) is 0 Å². The lowest BCUT2D eigenvalue weighted by molar-refractivity contribution is 0.159. The minimum Gasteiger partial charge on any atom is -0.457 e. The second-order valence-corrected chi connectivity index (χ2v) is 7.69. The summed E-state index contributed by atoms with van der Waals surface area (Å²) in [7, 11) is 0. The molecule has 0 radical (unpaired) electrons. The molecule has 1 amide bonds. The maximum absolute atomic E-state index is 11.7. The molecular weight excluding hydrogens is 416 g/mol. The van der Waals surface area contributed by atoms with Gasteiger partial charge in [0.1, 0.15) is 24.2 Å². The zero-order valence-corrected chi connectivity index (χ0v) is 18.8. The topological polar surface area (TPSA) is 78.7 Å². The van der Waals surface area contributed by atoms with Gasteiger partial charge in [0.2, 0.25) is 0 Å². The van der Waals surface area contributed by atoms with Crippen molar-refractivity contribution in [1.29, 1.82) is 5.26 Å². The highest BCUT2D eigenvalue weighted by molar-refractivity contribution is 5.70. The van der Waals surface area contributed by atoms with E-state index in [2.05, 4.69) is 11.1 Å². The SMILES string of the molecule is CCN(c1ccc(Oc2ccc(CC3COC(=O)N3CC)cc2)cc1)c1ncccc1C#N. The summed E-state index contributed by atoms with van der Waals surface area (Å²) < 4.78 is 11.2. The molecule has 1 saturated heterocycles. The fraction of sp³-hybridized carbons (Fsp3) is 0.269. The molecule has 7 nitrogen and oxygen atoms in total. The van der Waals surface area contributed by atoms with Crippen molar-refractivity contribution in [2.75, 3.05) is 24.6 Å². The van der Waals surface area contributed by atoms with Crippen LogP contribution in [-0.4, -0.2) is 41.7 Å². The van der Waals surface area contributed by atoms with Gasteiger partial charge in [-0.1, -0.05) is 12.1 Å². The third kappa shape index (κ3) is 4.90. The highest BCUT2D eigenvalue weighted by Crippen LogP contribution is 2.29. The number of carbonyl (C=O) groups excluding carboxylic acids is 1. The predicted molar refractivity (Wildman–Crippen MR) is 126 cm³/mol. The molecule has 1 aromatic heterocycles. The van der Waals surface area contributed by atoms with Crippen LogP contribution in [0.4, 0.5) is 16.3 Å². The molecule has 0 spiro atoms. The Morgan fingerprint density at radius 3 is 2.45 bits per heavy atom. The number of carbonyl (C=O) groups is 1. The van der Waals surface area contributed by atoms with Crippen molar-refractivity contribution in [3.8, 4) is 17.6 Å². The molecule has 1 aliphatic heterocycles. The number of nitrogens with zero attached hydrogens (tertiary/aromatic N) is 4. The van der Waals surface area contributed by atoms with E-state index in [4.69, 9.17) is 9.47 Å². The first-order chi connectivity index (χ1) is 16.1. The molecule has 0 N–H and O–H groups in total. The molecule has 3 aromatic rings. The molecule has 1 fully saturated rings. The fourth-order valence-corrected chi connectivity index (χ4v) is 4.00. The monoisotopic (exact) mass is 442 g/mol. The Bertz CT molecular complexity index is 1140. The van der Waals surface area contributed by atoms with Crippen molar-refractivity contribution in [2.45, 2.75) is 26.3 Å². The first-order valence-corrected chi connectivity index (χ1v) is 11.1. The van der Waals surface area contributed by atoms with Crippen LogP contribution in [0.3, 0.4) is 0 Å². The Kier molecular flexibility index (Phi) is 6.75. The van der Waals surface area contributed by atoms with Crippen LogP contribution in [0.1, 0.15) is 25.0 Å². The molecule has 168 valence electrons. The number of hydrogen-bond donors (Lipinski definition) is 0. The second kappa shape index (κ2) is 10.0. The van der Waals surface area contributed by atoms with E-state index in [1.54, 1.807) is 23.2 Å². The number of aromatic nitrogens is 1. The van der Waals surface area contributed by atoms with Gasteiger partial charge in [0.05, 0.1) is 11.6 Å². The maximum atomic E-state index is 11.7. The van der Waals surface area contributed by atoms with Gasteiger partial charge >= 0.3 is 6.09 Å². The lowest BCUT2D eigenvalue weighted by Crippen LogP contribution is -2.34. The summed E-state index contributed by atoms with van der Waals surface area (Å²) in [5.41, 5.74) is 2.60. The minimum absolute atomic E-state index is 0.0731. The van der Waals surface area contributed by atoms with Crippen molar-refractivity contribution in [3.63, 3.8) is 0 Å². The van der Waals surface area contributed by atoms with Crippen molar-refractivity contribution in [1.82, 2.24) is 9.88 Å². The van der Waals surface area contributed by atoms with E-state index >= 15 is 0 Å². The first kappa shape index (κ1) is 22.2. The summed E-state index contributed by atoms with van der Waals surface area (Å²) >= 11 is 0. The van der Waals surface area contributed by atoms with Crippen LogP contribution < -0.4 is 9.64 Å². The second-order valence-electron chi connectivity index (χ2n) is 7.69. The number of nitriles is 1. The number of cyclic esters (lactones) is 1. The van der Waals surface area contributed by atoms with Crippen LogP contribution in [0.15, 0.2) is 66.9 Å². The molecule has 0 aliphatic carbocycles. The molecule has 4 rings (SSSR count). The number of likely N-dealkylation sites (N-methyl/N-ethyl adjacent to an activating group) is 1. The quantitative estimate of drug-likeness (QED) is 0.472. The molecule has 0 bridgehead atoms. The van der Waals surface area contributed by atoms with Gasteiger partial charge in [0, 0.05) is 25.0 Å². The molecular formula is C26H26N4O3. The predicted octanol–water partition coefficient (Wildman–Crippen LogP) is 5.29. The van der Waals surface area contributed by atoms with Gasteiger partial charge in [-0.3, -0.25) is 0 Å². The molecule has 0 saturated carbocycles. The van der Waals surface area contributed by atoms with Gasteiger partial charge in [0.25, 0.3) is 0 Å². The van der Waals surface area contributed by atoms with Crippen LogP contribution in [0.5, 0.6) is 11.5 Å². The third-order valence-corrected chi connectivity index (χ3v) is 5.67. The molecule has 2 heterocycles. The van der Waals surface area contributed by atoms with E-state index in [1.165, 1.54) is 0 Å². The van der Waals surface area contributed by atoms with E-state index in [0.717, 1.165) is 29.2 Å². The van der Waals surface area contributed by atoms with Gasteiger partial charge in [0.15, 0.2) is 5.82 Å². The number of pyridine rings is 1. The smallest absolute Gasteiger partial charge is 0.410 e. The zero-order chi connectivity index (χ0) is 23.2. The van der Waals surface area contributed by atoms with E-state index in [1.807, 2.05) is 67.3 Å². The summed E-state index contributed by atoms with van der Waals surface area (Å²) in [6, 6.07) is 21.4. The summed E-state index contributed by atoms with van der Waals surface area (Å²) in [6.07, 6.45) is 2.20. The number of rotatable bonds is 8. The molecule has 2 aromatic carbocycles. The fourth-order valence-electron chi connectivity index (χ4n) is 4.00. The normalized spacial score (nSPS) is 15.1. The van der Waals surface area contributed by atoms with Crippen LogP contribution in [-0.2, 0) is 11.2 Å². The Labute approximate surface area is 193 Å². The Morgan fingerprint density at radius 2 is 1.82 bits per heavy atom. The Balaban J connectivity index is 1.42. The van der Waals surface area contributed by atoms with Crippen molar-refractivity contribution in [2.24, 2.45) is 0 Å². The molecule has 33 heavy (non-hydrogen) atoms. The van der Waals surface area contributed by atoms with E-state index in [9.17, 15) is 10.1 Å². The zero-order valence-electron chi connectivity index (χ0n) is 18.8. The van der Waals surface area contributed by atoms with Crippen molar-refractivity contribution in [3.05, 3.63) is 78.0 Å². The average molecular weight is 443 g/mol. The van der Waals surface area contributed by atoms with Crippen LogP contribution >= 0.6 is 0 Å². The minimum atomic E-state index is -0.237. The third-order valence-electron chi connectivity index (χ3n) is 5.67. The van der Waals surface area contributed by atoms with E-state index < -0.39 is 0 Å². The van der Waals surface area contributed by atoms with Gasteiger partial charge in [-0.25, -0.2) is 9.78 Å². The van der Waals surface area contributed by atoms with Crippen LogP contribution in [0.2, 0.25) is 0 Å². The summed E-state index contributed by atoms with van der Waals surface area (Å²) in [5.74, 6) is 2.10. The number of anilines is 2. The van der Waals surface area contributed by atoms with Crippen molar-refractivity contribution >= 4 is 17.6 Å². The van der Waals surface area contributed by atoms with Crippen LogP contribution in [0.25, 0.3) is 0 Å². The number of benzene rings is 2. The van der Waals surface area contributed by atoms with Gasteiger partial charge < -0.3 is 19.3 Å². The number of hydrogen-bond acceptors (Lipinski definition) is 6. The highest BCUT2D eigenvalue weighted by Gasteiger charge is 2.31. The molecule has 1 aliphatic rings. The van der Waals surface area contributed by atoms with Crippen molar-refractivity contribution < 1.29 is 14.3 Å². The molecule has 7 heteroatoms. The first-order valence-electron chi connectivity index (χ1n) is 11.1. The summed E-state index contributed by atoms with van der Waals surface area (Å²) in [5, 5.41) is 9.39. The average Bonchev–Trinajstić information content (AvgIpc) is 3.21. The van der Waals surface area contributed by atoms with E-state index in [0.29, 0.717) is 31.1 Å². The Morgan fingerprint density at radius 1 is 1.12 bits per heavy atom. The standard InChI is InChI=1S/C26H26N4O3/c1-3-29(25-20(17-27)6-5-15-28-25)21-9-13-24(14-10-21)33-23-11-7-19(8-12-23)16-22-18-32-26(31)30(22)4-2/h5-15,22H,3-4,16,18H2,1-2H3. The van der Waals surface area contributed by atoms with Gasteiger partial charge in [-0.05, 0) is 74.4 Å². The number of ether oxygens (including phenoxy) is 2. The lowest BCUT2D eigenvalue weighted by Gasteiger charge is -2.23. The largest absolute Gasteiger partial charge is 0.457 e. The molecule has 1 unspecified atom stereocenters.